The molecule has 0 aliphatic carbocycles. The maximum Gasteiger partial charge on any atom is 0.490 e. The van der Waals surface area contributed by atoms with E-state index in [0.717, 1.165) is 23.5 Å². The van der Waals surface area contributed by atoms with E-state index in [4.69, 9.17) is 26.1 Å². The van der Waals surface area contributed by atoms with Crippen molar-refractivity contribution in [3.05, 3.63) is 78.6 Å². The zero-order valence-corrected chi connectivity index (χ0v) is 21.6. The normalized spacial score (nSPS) is 11.1. The van der Waals surface area contributed by atoms with Gasteiger partial charge < -0.3 is 31.9 Å². The van der Waals surface area contributed by atoms with Crippen molar-refractivity contribution < 1.29 is 45.8 Å². The number of carboxylic acid groups (broad SMARTS) is 1. The van der Waals surface area contributed by atoms with Gasteiger partial charge in [0.1, 0.15) is 23.0 Å². The van der Waals surface area contributed by atoms with Gasteiger partial charge in [0.05, 0.1) is 12.2 Å². The van der Waals surface area contributed by atoms with E-state index in [2.05, 4.69) is 25.6 Å². The van der Waals surface area contributed by atoms with Crippen LogP contribution in [0.4, 0.5) is 49.5 Å². The van der Waals surface area contributed by atoms with Crippen LogP contribution in [0.3, 0.4) is 0 Å². The smallest absolute Gasteiger partial charge is 0.475 e. The average Bonchev–Trinajstić information content (AvgIpc) is 2.92. The molecule has 0 fully saturated rings. The number of amides is 1. The maximum atomic E-state index is 12.8. The lowest BCUT2D eigenvalue weighted by molar-refractivity contribution is -0.192. The number of alkyl halides is 6. The van der Waals surface area contributed by atoms with Crippen molar-refractivity contribution in [1.82, 2.24) is 15.0 Å². The SMILES string of the molecule is NC(=O)CNc1ccc(-c2cc(Nc3ccc(Oc4ccnc(C(F)(F)F)c4)cc3)nc(N)n2)cc1.O=C(O)C(F)(F)F. The Labute approximate surface area is 238 Å². The zero-order chi connectivity index (χ0) is 31.8. The zero-order valence-electron chi connectivity index (χ0n) is 21.6. The Morgan fingerprint density at radius 1 is 0.860 bits per heavy atom. The highest BCUT2D eigenvalue weighted by Gasteiger charge is 2.38. The second kappa shape index (κ2) is 13.4. The summed E-state index contributed by atoms with van der Waals surface area (Å²) in [5.74, 6) is -2.37. The number of carbonyl (C=O) groups is 2. The molecule has 0 saturated carbocycles. The number of hydrogen-bond acceptors (Lipinski definition) is 9. The van der Waals surface area contributed by atoms with Gasteiger partial charge in [-0.05, 0) is 42.5 Å². The topological polar surface area (TPSA) is 178 Å². The number of halogens is 6. The Hall–Kier alpha value is -5.61. The number of carbonyl (C=O) groups excluding carboxylic acids is 1. The van der Waals surface area contributed by atoms with Crippen LogP contribution in [0.5, 0.6) is 11.5 Å². The summed E-state index contributed by atoms with van der Waals surface area (Å²) in [7, 11) is 0. The van der Waals surface area contributed by atoms with E-state index in [0.29, 0.717) is 22.9 Å². The lowest BCUT2D eigenvalue weighted by atomic mass is 10.1. The lowest BCUT2D eigenvalue weighted by Gasteiger charge is -2.11. The molecule has 0 aliphatic heterocycles. The van der Waals surface area contributed by atoms with Gasteiger partial charge in [-0.2, -0.15) is 31.3 Å². The second-order valence-electron chi connectivity index (χ2n) is 8.32. The first-order valence-corrected chi connectivity index (χ1v) is 11.8. The van der Waals surface area contributed by atoms with E-state index in [-0.39, 0.29) is 18.2 Å². The third-order valence-electron chi connectivity index (χ3n) is 5.02. The van der Waals surface area contributed by atoms with Crippen LogP contribution >= 0.6 is 0 Å². The number of benzene rings is 2. The summed E-state index contributed by atoms with van der Waals surface area (Å²) in [6.07, 6.45) is -8.61. The molecule has 0 aliphatic rings. The molecular formula is C26H21F6N7O4. The van der Waals surface area contributed by atoms with Crippen LogP contribution in [0.15, 0.2) is 72.9 Å². The highest BCUT2D eigenvalue weighted by molar-refractivity contribution is 5.79. The minimum atomic E-state index is -5.08. The lowest BCUT2D eigenvalue weighted by Crippen LogP contribution is -2.21. The van der Waals surface area contributed by atoms with Crippen LogP contribution in [0.1, 0.15) is 5.69 Å². The molecule has 4 aromatic rings. The average molecular weight is 609 g/mol. The fraction of sp³-hybridized carbons (Fsp3) is 0.115. The van der Waals surface area contributed by atoms with Gasteiger partial charge in [-0.3, -0.25) is 9.78 Å². The summed E-state index contributed by atoms with van der Waals surface area (Å²) in [6.45, 7) is 0.0227. The van der Waals surface area contributed by atoms with Gasteiger partial charge in [0, 0.05) is 35.3 Å². The third kappa shape index (κ3) is 10.1. The Kier molecular flexibility index (Phi) is 9.92. The molecule has 43 heavy (non-hydrogen) atoms. The number of nitrogen functional groups attached to an aromatic ring is 1. The van der Waals surface area contributed by atoms with Crippen molar-refractivity contribution in [2.45, 2.75) is 12.4 Å². The molecular weight excluding hydrogens is 588 g/mol. The van der Waals surface area contributed by atoms with E-state index in [1.807, 2.05) is 12.1 Å². The van der Waals surface area contributed by atoms with Gasteiger partial charge in [-0.25, -0.2) is 9.78 Å². The number of nitrogens with two attached hydrogens (primary N) is 2. The number of carboxylic acids is 1. The fourth-order valence-electron chi connectivity index (χ4n) is 3.15. The van der Waals surface area contributed by atoms with Crippen molar-refractivity contribution in [3.8, 4) is 22.8 Å². The van der Waals surface area contributed by atoms with E-state index >= 15 is 0 Å². The number of anilines is 4. The molecule has 1 amide bonds. The van der Waals surface area contributed by atoms with E-state index in [1.54, 1.807) is 42.5 Å². The Balaban J connectivity index is 0.000000646. The number of pyridine rings is 1. The Morgan fingerprint density at radius 3 is 2.02 bits per heavy atom. The largest absolute Gasteiger partial charge is 0.490 e. The molecule has 2 aromatic carbocycles. The second-order valence-corrected chi connectivity index (χ2v) is 8.32. The van der Waals surface area contributed by atoms with Crippen LogP contribution in [0.2, 0.25) is 0 Å². The first-order chi connectivity index (χ1) is 20.1. The standard InChI is InChI=1S/C24H20F3N7O2.C2HF3O2/c25-24(26,27)20-11-18(9-10-30-20)36-17-7-5-16(6-8-17)32-22-12-19(33-23(29)34-22)14-1-3-15(4-2-14)31-13-21(28)35;3-2(4,5)1(6)7/h1-12,31H,13H2,(H2,28,35)(H3,29,32,33,34);(H,6,7). The number of rotatable bonds is 8. The van der Waals surface area contributed by atoms with Crippen LogP contribution in [0.25, 0.3) is 11.3 Å². The molecule has 226 valence electrons. The Bertz CT molecular complexity index is 1560. The molecule has 0 unspecified atom stereocenters. The predicted molar refractivity (Wildman–Crippen MR) is 142 cm³/mol. The third-order valence-corrected chi connectivity index (χ3v) is 5.02. The monoisotopic (exact) mass is 609 g/mol. The summed E-state index contributed by atoms with van der Waals surface area (Å²) in [5, 5.41) is 13.1. The predicted octanol–water partition coefficient (Wildman–Crippen LogP) is 5.21. The summed E-state index contributed by atoms with van der Waals surface area (Å²) < 4.78 is 75.8. The molecule has 0 spiro atoms. The molecule has 7 N–H and O–H groups in total. The Morgan fingerprint density at radius 2 is 1.47 bits per heavy atom. The summed E-state index contributed by atoms with van der Waals surface area (Å²) in [6, 6.07) is 17.6. The van der Waals surface area contributed by atoms with Crippen molar-refractivity contribution in [2.24, 2.45) is 5.73 Å². The first kappa shape index (κ1) is 31.9. The molecule has 0 radical (unpaired) electrons. The molecule has 17 heteroatoms. The molecule has 0 atom stereocenters. The summed E-state index contributed by atoms with van der Waals surface area (Å²) in [5.41, 5.74) is 12.7. The van der Waals surface area contributed by atoms with E-state index < -0.39 is 29.9 Å². The first-order valence-electron chi connectivity index (χ1n) is 11.8. The van der Waals surface area contributed by atoms with Crippen molar-refractivity contribution >= 4 is 35.0 Å². The fourth-order valence-corrected chi connectivity index (χ4v) is 3.15. The van der Waals surface area contributed by atoms with Gasteiger partial charge in [0.2, 0.25) is 11.9 Å². The molecule has 2 heterocycles. The number of aliphatic carboxylic acids is 1. The highest BCUT2D eigenvalue weighted by atomic mass is 19.4. The quantitative estimate of drug-likeness (QED) is 0.167. The van der Waals surface area contributed by atoms with Gasteiger partial charge in [-0.1, -0.05) is 12.1 Å². The number of ether oxygens (including phenoxy) is 1. The van der Waals surface area contributed by atoms with Crippen molar-refractivity contribution in [3.63, 3.8) is 0 Å². The number of aromatic nitrogens is 3. The number of hydrogen-bond donors (Lipinski definition) is 5. The molecule has 11 nitrogen and oxygen atoms in total. The van der Waals surface area contributed by atoms with Crippen molar-refractivity contribution in [1.29, 1.82) is 0 Å². The minimum absolute atomic E-state index is 0.0158. The van der Waals surface area contributed by atoms with E-state index in [1.165, 1.54) is 6.07 Å². The molecule has 0 saturated heterocycles. The molecule has 0 bridgehead atoms. The van der Waals surface area contributed by atoms with Gasteiger partial charge in [0.25, 0.3) is 0 Å². The molecule has 2 aromatic heterocycles. The van der Waals surface area contributed by atoms with Crippen LogP contribution in [0, 0.1) is 0 Å². The van der Waals surface area contributed by atoms with E-state index in [9.17, 15) is 31.1 Å². The number of nitrogens with zero attached hydrogens (tertiary/aromatic N) is 3. The highest BCUT2D eigenvalue weighted by Crippen LogP contribution is 2.31. The van der Waals surface area contributed by atoms with Gasteiger partial charge in [0.15, 0.2) is 0 Å². The summed E-state index contributed by atoms with van der Waals surface area (Å²) in [4.78, 5) is 31.6. The number of nitrogens with one attached hydrogen (secondary N) is 2. The van der Waals surface area contributed by atoms with Crippen LogP contribution in [-0.2, 0) is 15.8 Å². The molecule has 4 rings (SSSR count). The van der Waals surface area contributed by atoms with Crippen LogP contribution in [-0.4, -0.2) is 44.7 Å². The summed E-state index contributed by atoms with van der Waals surface area (Å²) >= 11 is 0. The number of primary amides is 1. The van der Waals surface area contributed by atoms with Crippen LogP contribution < -0.4 is 26.8 Å². The van der Waals surface area contributed by atoms with Crippen molar-refractivity contribution in [2.75, 3.05) is 22.9 Å². The minimum Gasteiger partial charge on any atom is -0.475 e. The maximum absolute atomic E-state index is 12.8. The van der Waals surface area contributed by atoms with Gasteiger partial charge in [-0.15, -0.1) is 0 Å². The van der Waals surface area contributed by atoms with Gasteiger partial charge >= 0.3 is 18.3 Å².